The lowest BCUT2D eigenvalue weighted by atomic mass is 10.1. The maximum absolute atomic E-state index is 13.7. The Hall–Kier alpha value is -2.13. The van der Waals surface area contributed by atoms with E-state index in [0.717, 1.165) is 11.3 Å². The first-order valence-corrected chi connectivity index (χ1v) is 6.17. The van der Waals surface area contributed by atoms with E-state index >= 15 is 0 Å². The van der Waals surface area contributed by atoms with Gasteiger partial charge in [-0.05, 0) is 24.3 Å². The van der Waals surface area contributed by atoms with E-state index in [0.29, 0.717) is 10.6 Å². The number of hydrogen-bond acceptors (Lipinski definition) is 1. The van der Waals surface area contributed by atoms with Gasteiger partial charge < -0.3 is 0 Å². The maximum Gasteiger partial charge on any atom is 0.131 e. The fourth-order valence-electron chi connectivity index (χ4n) is 1.92. The Kier molecular flexibility index (Phi) is 3.05. The van der Waals surface area contributed by atoms with E-state index in [9.17, 15) is 4.39 Å². The molecule has 3 rings (SSSR count). The molecule has 0 saturated carbocycles. The van der Waals surface area contributed by atoms with Gasteiger partial charge in [0.25, 0.3) is 0 Å². The van der Waals surface area contributed by atoms with E-state index in [2.05, 4.69) is 5.10 Å². The lowest BCUT2D eigenvalue weighted by Crippen LogP contribution is -1.93. The van der Waals surface area contributed by atoms with Crippen molar-refractivity contribution in [1.82, 2.24) is 9.78 Å². The van der Waals surface area contributed by atoms with Crippen molar-refractivity contribution < 1.29 is 4.39 Å². The minimum absolute atomic E-state index is 0.256. The van der Waals surface area contributed by atoms with Crippen LogP contribution in [0.25, 0.3) is 16.8 Å². The van der Waals surface area contributed by atoms with Crippen LogP contribution in [0.4, 0.5) is 4.39 Å². The molecule has 0 atom stereocenters. The number of aromatic nitrogens is 2. The molecule has 0 spiro atoms. The molecule has 0 bridgehead atoms. The minimum atomic E-state index is -0.256. The fourth-order valence-corrected chi connectivity index (χ4v) is 2.10. The SMILES string of the molecule is Fc1ccccc1-c1cnn(-c2cccc(Cl)c2)c1. The molecule has 3 aromatic rings. The van der Waals surface area contributed by atoms with Gasteiger partial charge in [0.1, 0.15) is 5.82 Å². The van der Waals surface area contributed by atoms with Crippen molar-refractivity contribution in [1.29, 1.82) is 0 Å². The Bertz CT molecular complexity index is 721. The molecule has 1 heterocycles. The fraction of sp³-hybridized carbons (Fsp3) is 0. The zero-order valence-corrected chi connectivity index (χ0v) is 10.7. The van der Waals surface area contributed by atoms with Crippen LogP contribution in [0, 0.1) is 5.82 Å². The molecule has 1 aromatic heterocycles. The number of nitrogens with zero attached hydrogens (tertiary/aromatic N) is 2. The predicted molar refractivity (Wildman–Crippen MR) is 74.0 cm³/mol. The molecule has 0 radical (unpaired) electrons. The van der Waals surface area contributed by atoms with Gasteiger partial charge in [0, 0.05) is 22.3 Å². The van der Waals surface area contributed by atoms with Crippen molar-refractivity contribution in [3.05, 3.63) is 71.8 Å². The number of hydrogen-bond donors (Lipinski definition) is 0. The summed E-state index contributed by atoms with van der Waals surface area (Å²) in [6.45, 7) is 0. The summed E-state index contributed by atoms with van der Waals surface area (Å²) in [6.07, 6.45) is 3.42. The lowest BCUT2D eigenvalue weighted by molar-refractivity contribution is 0.631. The smallest absolute Gasteiger partial charge is 0.131 e. The summed E-state index contributed by atoms with van der Waals surface area (Å²) in [5.41, 5.74) is 2.11. The van der Waals surface area contributed by atoms with E-state index < -0.39 is 0 Å². The van der Waals surface area contributed by atoms with E-state index in [1.165, 1.54) is 6.07 Å². The standard InChI is InChI=1S/C15H10ClFN2/c16-12-4-3-5-13(8-12)19-10-11(9-18-19)14-6-1-2-7-15(14)17/h1-10H. The highest BCUT2D eigenvalue weighted by Gasteiger charge is 2.07. The quantitative estimate of drug-likeness (QED) is 0.679. The van der Waals surface area contributed by atoms with E-state index in [1.807, 2.05) is 12.1 Å². The van der Waals surface area contributed by atoms with Crippen molar-refractivity contribution in [2.24, 2.45) is 0 Å². The predicted octanol–water partition coefficient (Wildman–Crippen LogP) is 4.33. The minimum Gasteiger partial charge on any atom is -0.240 e. The van der Waals surface area contributed by atoms with Gasteiger partial charge in [0.15, 0.2) is 0 Å². The van der Waals surface area contributed by atoms with Crippen LogP contribution in [0.2, 0.25) is 5.02 Å². The van der Waals surface area contributed by atoms with Crippen molar-refractivity contribution in [2.45, 2.75) is 0 Å². The normalized spacial score (nSPS) is 10.6. The van der Waals surface area contributed by atoms with Gasteiger partial charge in [-0.15, -0.1) is 0 Å². The molecule has 0 amide bonds. The third-order valence-corrected chi connectivity index (χ3v) is 3.08. The molecule has 0 saturated heterocycles. The van der Waals surface area contributed by atoms with Gasteiger partial charge in [-0.3, -0.25) is 0 Å². The Labute approximate surface area is 115 Å². The third-order valence-electron chi connectivity index (χ3n) is 2.84. The van der Waals surface area contributed by atoms with Crippen molar-refractivity contribution >= 4 is 11.6 Å². The topological polar surface area (TPSA) is 17.8 Å². The zero-order chi connectivity index (χ0) is 13.2. The molecule has 0 N–H and O–H groups in total. The van der Waals surface area contributed by atoms with Gasteiger partial charge in [0.05, 0.1) is 11.9 Å². The molecule has 0 fully saturated rings. The molecule has 0 aliphatic rings. The Morgan fingerprint density at radius 1 is 1.05 bits per heavy atom. The molecular weight excluding hydrogens is 263 g/mol. The maximum atomic E-state index is 13.7. The molecule has 4 heteroatoms. The average Bonchev–Trinajstić information content (AvgIpc) is 2.89. The summed E-state index contributed by atoms with van der Waals surface area (Å²) < 4.78 is 15.4. The summed E-state index contributed by atoms with van der Waals surface area (Å²) in [6, 6.07) is 14.0. The summed E-state index contributed by atoms with van der Waals surface area (Å²) in [4.78, 5) is 0. The van der Waals surface area contributed by atoms with Gasteiger partial charge in [-0.1, -0.05) is 35.9 Å². The number of rotatable bonds is 2. The second kappa shape index (κ2) is 4.86. The molecule has 94 valence electrons. The molecule has 0 aliphatic carbocycles. The van der Waals surface area contributed by atoms with Crippen LogP contribution in [-0.2, 0) is 0 Å². The van der Waals surface area contributed by atoms with Gasteiger partial charge in [-0.2, -0.15) is 5.10 Å². The van der Waals surface area contributed by atoms with E-state index in [1.54, 1.807) is 47.4 Å². The van der Waals surface area contributed by atoms with Crippen molar-refractivity contribution in [2.75, 3.05) is 0 Å². The lowest BCUT2D eigenvalue weighted by Gasteiger charge is -2.01. The molecular formula is C15H10ClFN2. The van der Waals surface area contributed by atoms with Gasteiger partial charge in [-0.25, -0.2) is 9.07 Å². The Balaban J connectivity index is 2.03. The average molecular weight is 273 g/mol. The van der Waals surface area contributed by atoms with Crippen LogP contribution in [0.15, 0.2) is 60.9 Å². The molecule has 2 aromatic carbocycles. The van der Waals surface area contributed by atoms with Crippen LogP contribution >= 0.6 is 11.6 Å². The Morgan fingerprint density at radius 3 is 2.68 bits per heavy atom. The van der Waals surface area contributed by atoms with E-state index in [4.69, 9.17) is 11.6 Å². The Morgan fingerprint density at radius 2 is 1.89 bits per heavy atom. The number of halogens is 2. The highest BCUT2D eigenvalue weighted by atomic mass is 35.5. The van der Waals surface area contributed by atoms with E-state index in [-0.39, 0.29) is 5.82 Å². The third kappa shape index (κ3) is 2.37. The van der Waals surface area contributed by atoms with Gasteiger partial charge in [0.2, 0.25) is 0 Å². The largest absolute Gasteiger partial charge is 0.240 e. The van der Waals surface area contributed by atoms with Crippen LogP contribution in [0.5, 0.6) is 0 Å². The second-order valence-electron chi connectivity index (χ2n) is 4.13. The highest BCUT2D eigenvalue weighted by Crippen LogP contribution is 2.23. The van der Waals surface area contributed by atoms with Crippen LogP contribution in [-0.4, -0.2) is 9.78 Å². The molecule has 0 aliphatic heterocycles. The van der Waals surface area contributed by atoms with Crippen LogP contribution in [0.1, 0.15) is 0 Å². The van der Waals surface area contributed by atoms with Gasteiger partial charge >= 0.3 is 0 Å². The second-order valence-corrected chi connectivity index (χ2v) is 4.57. The first-order valence-electron chi connectivity index (χ1n) is 5.79. The summed E-state index contributed by atoms with van der Waals surface area (Å²) in [5, 5.41) is 4.88. The number of benzene rings is 2. The monoisotopic (exact) mass is 272 g/mol. The zero-order valence-electron chi connectivity index (χ0n) is 9.92. The molecule has 19 heavy (non-hydrogen) atoms. The summed E-state index contributed by atoms with van der Waals surface area (Å²) in [5.74, 6) is -0.256. The summed E-state index contributed by atoms with van der Waals surface area (Å²) in [7, 11) is 0. The van der Waals surface area contributed by atoms with Crippen LogP contribution < -0.4 is 0 Å². The molecule has 2 nitrogen and oxygen atoms in total. The first kappa shape index (κ1) is 11.9. The highest BCUT2D eigenvalue weighted by molar-refractivity contribution is 6.30. The van der Waals surface area contributed by atoms with Crippen LogP contribution in [0.3, 0.4) is 0 Å². The first-order chi connectivity index (χ1) is 9.24. The van der Waals surface area contributed by atoms with Crippen molar-refractivity contribution in [3.8, 4) is 16.8 Å². The molecule has 0 unspecified atom stereocenters. The summed E-state index contributed by atoms with van der Waals surface area (Å²) >= 11 is 5.94. The van der Waals surface area contributed by atoms with Crippen molar-refractivity contribution in [3.63, 3.8) is 0 Å².